The van der Waals surface area contributed by atoms with Crippen LogP contribution >= 0.6 is 0 Å². The summed E-state index contributed by atoms with van der Waals surface area (Å²) in [6.07, 6.45) is 0. The molecule has 1 aliphatic heterocycles. The number of ether oxygens (including phenoxy) is 1. The van der Waals surface area contributed by atoms with Crippen molar-refractivity contribution in [1.82, 2.24) is 5.32 Å². The number of hydrogen-bond acceptors (Lipinski definition) is 2. The summed E-state index contributed by atoms with van der Waals surface area (Å²) in [6, 6.07) is 8.51. The van der Waals surface area contributed by atoms with Gasteiger partial charge in [0, 0.05) is 13.1 Å². The monoisotopic (exact) mass is 191 g/mol. The van der Waals surface area contributed by atoms with Crippen LogP contribution in [-0.2, 0) is 11.3 Å². The van der Waals surface area contributed by atoms with Crippen molar-refractivity contribution in [2.75, 3.05) is 13.1 Å². The molecule has 0 aliphatic carbocycles. The van der Waals surface area contributed by atoms with E-state index < -0.39 is 0 Å². The molecule has 1 aromatic rings. The zero-order chi connectivity index (χ0) is 10.0. The number of rotatable bonds is 3. The lowest BCUT2D eigenvalue weighted by molar-refractivity contribution is -0.0767. The van der Waals surface area contributed by atoms with Crippen LogP contribution in [0.3, 0.4) is 0 Å². The Bertz CT molecular complexity index is 301. The molecular formula is C12H17NO. The Labute approximate surface area is 85.3 Å². The molecule has 1 aromatic carbocycles. The van der Waals surface area contributed by atoms with E-state index in [0.717, 1.165) is 19.7 Å². The predicted octanol–water partition coefficient (Wildman–Crippen LogP) is 1.87. The lowest BCUT2D eigenvalue weighted by atomic mass is 10.00. The van der Waals surface area contributed by atoms with E-state index in [0.29, 0.717) is 0 Å². The molecular weight excluding hydrogens is 174 g/mol. The first-order chi connectivity index (χ1) is 6.68. The predicted molar refractivity (Wildman–Crippen MR) is 57.2 cm³/mol. The fraction of sp³-hybridized carbons (Fsp3) is 0.500. The van der Waals surface area contributed by atoms with Gasteiger partial charge in [0.1, 0.15) is 0 Å². The van der Waals surface area contributed by atoms with Crippen LogP contribution in [0.15, 0.2) is 24.3 Å². The van der Waals surface area contributed by atoms with E-state index in [-0.39, 0.29) is 5.60 Å². The van der Waals surface area contributed by atoms with Gasteiger partial charge in [-0.1, -0.05) is 29.8 Å². The highest BCUT2D eigenvalue weighted by Gasteiger charge is 2.32. The quantitative estimate of drug-likeness (QED) is 0.787. The van der Waals surface area contributed by atoms with Crippen molar-refractivity contribution in [2.45, 2.75) is 26.1 Å². The molecule has 0 unspecified atom stereocenters. The molecule has 2 nitrogen and oxygen atoms in total. The van der Waals surface area contributed by atoms with Gasteiger partial charge in [0.15, 0.2) is 0 Å². The lowest BCUT2D eigenvalue weighted by Crippen LogP contribution is -2.58. The van der Waals surface area contributed by atoms with Crippen molar-refractivity contribution in [2.24, 2.45) is 0 Å². The summed E-state index contributed by atoms with van der Waals surface area (Å²) in [6.45, 7) is 6.91. The maximum Gasteiger partial charge on any atom is 0.0906 e. The Morgan fingerprint density at radius 3 is 2.43 bits per heavy atom. The van der Waals surface area contributed by atoms with E-state index in [2.05, 4.69) is 43.4 Å². The molecule has 0 atom stereocenters. The van der Waals surface area contributed by atoms with Crippen LogP contribution < -0.4 is 5.32 Å². The lowest BCUT2D eigenvalue weighted by Gasteiger charge is -2.39. The van der Waals surface area contributed by atoms with E-state index in [4.69, 9.17) is 4.74 Å². The summed E-state index contributed by atoms with van der Waals surface area (Å²) < 4.78 is 5.83. The highest BCUT2D eigenvalue weighted by molar-refractivity contribution is 5.20. The molecule has 0 saturated carbocycles. The summed E-state index contributed by atoms with van der Waals surface area (Å²) in [5.41, 5.74) is 2.61. The molecule has 1 aliphatic rings. The first kappa shape index (κ1) is 9.69. The number of hydrogen-bond donors (Lipinski definition) is 1. The topological polar surface area (TPSA) is 21.3 Å². The van der Waals surface area contributed by atoms with Crippen molar-refractivity contribution in [3.05, 3.63) is 35.4 Å². The molecule has 0 spiro atoms. The minimum Gasteiger partial charge on any atom is -0.368 e. The maximum atomic E-state index is 5.83. The van der Waals surface area contributed by atoms with Gasteiger partial charge < -0.3 is 10.1 Å². The van der Waals surface area contributed by atoms with Crippen molar-refractivity contribution in [1.29, 1.82) is 0 Å². The van der Waals surface area contributed by atoms with E-state index in [9.17, 15) is 0 Å². The van der Waals surface area contributed by atoms with E-state index in [1.54, 1.807) is 0 Å². The molecule has 0 radical (unpaired) electrons. The minimum atomic E-state index is 0.0604. The van der Waals surface area contributed by atoms with Crippen LogP contribution in [0.25, 0.3) is 0 Å². The summed E-state index contributed by atoms with van der Waals surface area (Å²) in [5, 5.41) is 3.22. The van der Waals surface area contributed by atoms with Gasteiger partial charge in [-0.25, -0.2) is 0 Å². The molecule has 2 rings (SSSR count). The maximum absolute atomic E-state index is 5.83. The minimum absolute atomic E-state index is 0.0604. The number of benzene rings is 1. The van der Waals surface area contributed by atoms with Crippen molar-refractivity contribution >= 4 is 0 Å². The highest BCUT2D eigenvalue weighted by atomic mass is 16.5. The summed E-state index contributed by atoms with van der Waals surface area (Å²) in [4.78, 5) is 0. The Kier molecular flexibility index (Phi) is 2.57. The SMILES string of the molecule is Cc1ccc(COC2(C)CNC2)cc1. The standard InChI is InChI=1S/C12H17NO/c1-10-3-5-11(6-4-10)7-14-12(2)8-13-9-12/h3-6,13H,7-9H2,1-2H3. The molecule has 0 aromatic heterocycles. The normalized spacial score (nSPS) is 19.0. The second-order valence-corrected chi connectivity index (χ2v) is 4.33. The molecule has 0 bridgehead atoms. The molecule has 76 valence electrons. The van der Waals surface area contributed by atoms with Crippen LogP contribution in [0.2, 0.25) is 0 Å². The van der Waals surface area contributed by atoms with Gasteiger partial charge >= 0.3 is 0 Å². The Morgan fingerprint density at radius 2 is 1.93 bits per heavy atom. The van der Waals surface area contributed by atoms with Crippen molar-refractivity contribution in [3.63, 3.8) is 0 Å². The number of nitrogens with one attached hydrogen (secondary N) is 1. The van der Waals surface area contributed by atoms with Gasteiger partial charge in [0.2, 0.25) is 0 Å². The molecule has 1 fully saturated rings. The first-order valence-electron chi connectivity index (χ1n) is 5.08. The van der Waals surface area contributed by atoms with Gasteiger partial charge in [0.25, 0.3) is 0 Å². The average Bonchev–Trinajstić information content (AvgIpc) is 2.14. The van der Waals surface area contributed by atoms with Crippen LogP contribution in [-0.4, -0.2) is 18.7 Å². The second kappa shape index (κ2) is 3.71. The zero-order valence-electron chi connectivity index (χ0n) is 8.84. The third-order valence-electron chi connectivity index (χ3n) is 2.71. The third kappa shape index (κ3) is 2.14. The van der Waals surface area contributed by atoms with E-state index >= 15 is 0 Å². The fourth-order valence-electron chi connectivity index (χ4n) is 1.52. The fourth-order valence-corrected chi connectivity index (χ4v) is 1.52. The van der Waals surface area contributed by atoms with Crippen LogP contribution in [0.1, 0.15) is 18.1 Å². The van der Waals surface area contributed by atoms with E-state index in [1.807, 2.05) is 0 Å². The summed E-state index contributed by atoms with van der Waals surface area (Å²) in [5.74, 6) is 0. The van der Waals surface area contributed by atoms with Crippen molar-refractivity contribution < 1.29 is 4.74 Å². The van der Waals surface area contributed by atoms with Gasteiger partial charge in [-0.05, 0) is 19.4 Å². The largest absolute Gasteiger partial charge is 0.368 e. The number of aryl methyl sites for hydroxylation is 1. The van der Waals surface area contributed by atoms with Gasteiger partial charge in [-0.2, -0.15) is 0 Å². The molecule has 14 heavy (non-hydrogen) atoms. The third-order valence-corrected chi connectivity index (χ3v) is 2.71. The summed E-state index contributed by atoms with van der Waals surface area (Å²) in [7, 11) is 0. The Morgan fingerprint density at radius 1 is 1.29 bits per heavy atom. The molecule has 1 N–H and O–H groups in total. The molecule has 2 heteroatoms. The molecule has 0 amide bonds. The first-order valence-corrected chi connectivity index (χ1v) is 5.08. The van der Waals surface area contributed by atoms with Crippen LogP contribution in [0, 0.1) is 6.92 Å². The Hall–Kier alpha value is -0.860. The molecule has 1 saturated heterocycles. The van der Waals surface area contributed by atoms with Gasteiger partial charge in [-0.3, -0.25) is 0 Å². The highest BCUT2D eigenvalue weighted by Crippen LogP contribution is 2.17. The smallest absolute Gasteiger partial charge is 0.0906 e. The summed E-state index contributed by atoms with van der Waals surface area (Å²) >= 11 is 0. The van der Waals surface area contributed by atoms with Crippen LogP contribution in [0.4, 0.5) is 0 Å². The van der Waals surface area contributed by atoms with Gasteiger partial charge in [-0.15, -0.1) is 0 Å². The zero-order valence-corrected chi connectivity index (χ0v) is 8.84. The van der Waals surface area contributed by atoms with Crippen molar-refractivity contribution in [3.8, 4) is 0 Å². The second-order valence-electron chi connectivity index (χ2n) is 4.33. The van der Waals surface area contributed by atoms with Crippen LogP contribution in [0.5, 0.6) is 0 Å². The molecule has 1 heterocycles. The Balaban J connectivity index is 1.88. The average molecular weight is 191 g/mol. The van der Waals surface area contributed by atoms with E-state index in [1.165, 1.54) is 11.1 Å². The van der Waals surface area contributed by atoms with Gasteiger partial charge in [0.05, 0.1) is 12.2 Å².